The maximum atomic E-state index is 11.8. The van der Waals surface area contributed by atoms with Crippen molar-refractivity contribution in [1.29, 1.82) is 0 Å². The van der Waals surface area contributed by atoms with E-state index < -0.39 is 18.0 Å². The van der Waals surface area contributed by atoms with Gasteiger partial charge in [-0.2, -0.15) is 0 Å². The van der Waals surface area contributed by atoms with Crippen molar-refractivity contribution in [3.63, 3.8) is 0 Å². The third kappa shape index (κ3) is 2.69. The lowest BCUT2D eigenvalue weighted by atomic mass is 10.1. The van der Waals surface area contributed by atoms with Crippen LogP contribution in [0.25, 0.3) is 6.08 Å². The normalized spacial score (nSPS) is 24.0. The molecule has 4 heterocycles. The van der Waals surface area contributed by atoms with Gasteiger partial charge in [0.05, 0.1) is 5.69 Å². The number of hydrogen-bond acceptors (Lipinski definition) is 6. The molecule has 3 aliphatic rings. The fourth-order valence-electron chi connectivity index (χ4n) is 3.07. The Kier molecular flexibility index (Phi) is 3.61. The third-order valence-corrected chi connectivity index (χ3v) is 4.56. The highest BCUT2D eigenvalue weighted by molar-refractivity contribution is 6.06. The van der Waals surface area contributed by atoms with Gasteiger partial charge in [-0.25, -0.2) is 9.78 Å². The van der Waals surface area contributed by atoms with Crippen LogP contribution in [0.3, 0.4) is 0 Å². The van der Waals surface area contributed by atoms with Gasteiger partial charge in [-0.05, 0) is 19.2 Å². The monoisotopic (exact) mass is 329 g/mol. The smallest absolute Gasteiger partial charge is 0.322 e. The average molecular weight is 329 g/mol. The molecular weight excluding hydrogens is 310 g/mol. The highest BCUT2D eigenvalue weighted by atomic mass is 16.5. The molecule has 0 spiro atoms. The van der Waals surface area contributed by atoms with Crippen molar-refractivity contribution < 1.29 is 14.3 Å². The predicted molar refractivity (Wildman–Crippen MR) is 87.2 cm³/mol. The number of fused-ring (bicyclic) bond motifs is 1. The molecule has 2 fully saturated rings. The van der Waals surface area contributed by atoms with Gasteiger partial charge >= 0.3 is 6.03 Å². The van der Waals surface area contributed by atoms with Gasteiger partial charge in [-0.3, -0.25) is 10.1 Å². The van der Waals surface area contributed by atoms with Crippen LogP contribution >= 0.6 is 0 Å². The van der Waals surface area contributed by atoms with Crippen molar-refractivity contribution in [3.05, 3.63) is 29.1 Å². The number of rotatable bonds is 2. The van der Waals surface area contributed by atoms with Crippen molar-refractivity contribution in [2.24, 2.45) is 0 Å². The van der Waals surface area contributed by atoms with Gasteiger partial charge < -0.3 is 19.9 Å². The molecule has 8 nitrogen and oxygen atoms in total. The summed E-state index contributed by atoms with van der Waals surface area (Å²) in [7, 11) is 2.12. The fraction of sp³-hybridized carbons (Fsp3) is 0.438. The van der Waals surface area contributed by atoms with E-state index in [1.165, 1.54) is 0 Å². The van der Waals surface area contributed by atoms with Crippen LogP contribution in [0.15, 0.2) is 17.9 Å². The molecule has 0 radical (unpaired) electrons. The van der Waals surface area contributed by atoms with Crippen LogP contribution in [0.5, 0.6) is 0 Å². The van der Waals surface area contributed by atoms with Gasteiger partial charge in [0.1, 0.15) is 18.2 Å². The molecule has 2 saturated heterocycles. The number of piperazine rings is 1. The van der Waals surface area contributed by atoms with Crippen molar-refractivity contribution in [1.82, 2.24) is 20.5 Å². The van der Waals surface area contributed by atoms with Gasteiger partial charge in [-0.15, -0.1) is 0 Å². The topological polar surface area (TPSA) is 86.8 Å². The number of aromatic nitrogens is 1. The molecule has 0 aromatic carbocycles. The van der Waals surface area contributed by atoms with E-state index in [4.69, 9.17) is 9.72 Å². The van der Waals surface area contributed by atoms with E-state index in [2.05, 4.69) is 27.5 Å². The molecule has 1 unspecified atom stereocenters. The largest absolute Gasteiger partial charge is 0.490 e. The molecule has 3 amide bonds. The molecule has 1 aromatic heterocycles. The van der Waals surface area contributed by atoms with Crippen molar-refractivity contribution in [2.75, 3.05) is 38.1 Å². The van der Waals surface area contributed by atoms with Gasteiger partial charge in [0, 0.05) is 37.8 Å². The number of anilines is 1. The standard InChI is InChI=1S/C16H19N5O3/c1-20-4-6-21(7-5-20)13-3-2-10-9-24-12(8-11(10)17-13)14-15(22)19-16(23)18-14/h2-3,8,14H,4-7,9H2,1H3,(H2,18,19,22,23). The Labute approximate surface area is 139 Å². The lowest BCUT2D eigenvalue weighted by molar-refractivity contribution is -0.120. The highest BCUT2D eigenvalue weighted by Gasteiger charge is 2.35. The van der Waals surface area contributed by atoms with Crippen molar-refractivity contribution in [3.8, 4) is 0 Å². The Morgan fingerprint density at radius 1 is 1.21 bits per heavy atom. The lowest BCUT2D eigenvalue weighted by Crippen LogP contribution is -2.44. The number of amides is 3. The third-order valence-electron chi connectivity index (χ3n) is 4.56. The number of pyridine rings is 1. The number of likely N-dealkylation sites (N-methyl/N-ethyl adjacent to an activating group) is 1. The first-order valence-electron chi connectivity index (χ1n) is 7.99. The summed E-state index contributed by atoms with van der Waals surface area (Å²) in [5.74, 6) is 0.957. The molecule has 2 N–H and O–H groups in total. The van der Waals surface area contributed by atoms with Gasteiger partial charge in [-0.1, -0.05) is 0 Å². The quantitative estimate of drug-likeness (QED) is 0.738. The minimum absolute atomic E-state index is 0.344. The van der Waals surface area contributed by atoms with Gasteiger partial charge in [0.15, 0.2) is 6.04 Å². The average Bonchev–Trinajstić information content (AvgIpc) is 2.93. The molecule has 0 aliphatic carbocycles. The summed E-state index contributed by atoms with van der Waals surface area (Å²) in [6.07, 6.45) is 1.74. The second kappa shape index (κ2) is 5.79. The van der Waals surface area contributed by atoms with Crippen LogP contribution in [0.1, 0.15) is 11.3 Å². The van der Waals surface area contributed by atoms with Crippen LogP contribution in [-0.4, -0.2) is 61.1 Å². The maximum absolute atomic E-state index is 11.8. The number of nitrogens with zero attached hydrogens (tertiary/aromatic N) is 3. The van der Waals surface area contributed by atoms with Gasteiger partial charge in [0.2, 0.25) is 0 Å². The summed E-state index contributed by atoms with van der Waals surface area (Å²) in [6.45, 7) is 4.25. The number of hydrogen-bond donors (Lipinski definition) is 2. The number of carbonyl (C=O) groups excluding carboxylic acids is 2. The van der Waals surface area contributed by atoms with E-state index in [1.807, 2.05) is 12.1 Å². The summed E-state index contributed by atoms with van der Waals surface area (Å²) in [6, 6.07) is 2.74. The second-order valence-corrected chi connectivity index (χ2v) is 6.24. The molecule has 24 heavy (non-hydrogen) atoms. The van der Waals surface area contributed by atoms with Crippen LogP contribution in [-0.2, 0) is 16.1 Å². The summed E-state index contributed by atoms with van der Waals surface area (Å²) in [5, 5.41) is 4.76. The summed E-state index contributed by atoms with van der Waals surface area (Å²) in [5.41, 5.74) is 1.77. The molecule has 4 rings (SSSR count). The van der Waals surface area contributed by atoms with Crippen LogP contribution in [0, 0.1) is 0 Å². The predicted octanol–water partition coefficient (Wildman–Crippen LogP) is -0.0875. The Morgan fingerprint density at radius 2 is 2.00 bits per heavy atom. The zero-order valence-electron chi connectivity index (χ0n) is 13.4. The van der Waals surface area contributed by atoms with E-state index in [0.29, 0.717) is 12.4 Å². The van der Waals surface area contributed by atoms with Crippen molar-refractivity contribution >= 4 is 23.8 Å². The highest BCUT2D eigenvalue weighted by Crippen LogP contribution is 2.26. The van der Waals surface area contributed by atoms with E-state index in [0.717, 1.165) is 43.3 Å². The number of urea groups is 1. The van der Waals surface area contributed by atoms with Gasteiger partial charge in [0.25, 0.3) is 5.91 Å². The maximum Gasteiger partial charge on any atom is 0.322 e. The minimum atomic E-state index is -0.778. The van der Waals surface area contributed by atoms with E-state index >= 15 is 0 Å². The second-order valence-electron chi connectivity index (χ2n) is 6.24. The molecule has 1 atom stereocenters. The zero-order valence-corrected chi connectivity index (χ0v) is 13.4. The molecule has 0 saturated carbocycles. The van der Waals surface area contributed by atoms with Crippen LogP contribution < -0.4 is 15.5 Å². The first-order valence-corrected chi connectivity index (χ1v) is 7.99. The molecule has 126 valence electrons. The van der Waals surface area contributed by atoms with E-state index in [1.54, 1.807) is 6.08 Å². The Hall–Kier alpha value is -2.61. The number of imide groups is 1. The zero-order chi connectivity index (χ0) is 16.7. The Balaban J connectivity index is 1.59. The number of carbonyl (C=O) groups is 2. The minimum Gasteiger partial charge on any atom is -0.490 e. The molecule has 8 heteroatoms. The van der Waals surface area contributed by atoms with Crippen LogP contribution in [0.4, 0.5) is 10.6 Å². The van der Waals surface area contributed by atoms with E-state index in [-0.39, 0.29) is 0 Å². The molecular formula is C16H19N5O3. The number of ether oxygens (including phenoxy) is 1. The summed E-state index contributed by atoms with van der Waals surface area (Å²) in [4.78, 5) is 32.4. The molecule has 3 aliphatic heterocycles. The van der Waals surface area contributed by atoms with Crippen molar-refractivity contribution in [2.45, 2.75) is 12.6 Å². The SMILES string of the molecule is CN1CCN(c2ccc3c(n2)C=C(C2NC(=O)NC2=O)OC3)CC1. The number of nitrogens with one attached hydrogen (secondary N) is 2. The fourth-order valence-corrected chi connectivity index (χ4v) is 3.07. The Bertz CT molecular complexity index is 724. The first kappa shape index (κ1) is 14.9. The Morgan fingerprint density at radius 3 is 2.71 bits per heavy atom. The lowest BCUT2D eigenvalue weighted by Gasteiger charge is -2.33. The summed E-state index contributed by atoms with van der Waals surface area (Å²) < 4.78 is 5.63. The molecule has 1 aromatic rings. The first-order chi connectivity index (χ1) is 11.6. The van der Waals surface area contributed by atoms with Crippen LogP contribution in [0.2, 0.25) is 0 Å². The summed E-state index contributed by atoms with van der Waals surface area (Å²) >= 11 is 0. The molecule has 0 bridgehead atoms. The van der Waals surface area contributed by atoms with E-state index in [9.17, 15) is 9.59 Å².